The molecule has 0 saturated heterocycles. The van der Waals surface area contributed by atoms with E-state index in [2.05, 4.69) is 32.9 Å². The van der Waals surface area contributed by atoms with Crippen molar-refractivity contribution in [1.82, 2.24) is 0 Å². The van der Waals surface area contributed by atoms with E-state index >= 15 is 0 Å². The Balaban J connectivity index is 2.23. The van der Waals surface area contributed by atoms with E-state index in [1.165, 1.54) is 5.56 Å². The highest BCUT2D eigenvalue weighted by Gasteiger charge is 2.14. The number of benzene rings is 2. The highest BCUT2D eigenvalue weighted by molar-refractivity contribution is 6.17. The lowest BCUT2D eigenvalue weighted by molar-refractivity contribution is 0.478. The number of rotatable bonds is 3. The summed E-state index contributed by atoms with van der Waals surface area (Å²) in [6.45, 7) is 6.58. The molecule has 100 valence electrons. The summed E-state index contributed by atoms with van der Waals surface area (Å²) < 4.78 is 5.90. The second-order valence-corrected chi connectivity index (χ2v) is 5.93. The summed E-state index contributed by atoms with van der Waals surface area (Å²) in [5.41, 5.74) is 2.45. The third-order valence-corrected chi connectivity index (χ3v) is 3.30. The van der Waals surface area contributed by atoms with E-state index in [0.717, 1.165) is 17.1 Å². The van der Waals surface area contributed by atoms with Crippen LogP contribution in [0.4, 0.5) is 0 Å². The van der Waals surface area contributed by atoms with E-state index in [9.17, 15) is 0 Å². The molecule has 0 atom stereocenters. The molecule has 0 fully saturated rings. The predicted octanol–water partition coefficient (Wildman–Crippen LogP) is 5.52. The van der Waals surface area contributed by atoms with Crippen LogP contribution < -0.4 is 4.74 Å². The van der Waals surface area contributed by atoms with Crippen molar-refractivity contribution in [2.24, 2.45) is 0 Å². The number of hydrogen-bond acceptors (Lipinski definition) is 1. The number of hydrogen-bond donors (Lipinski definition) is 0. The molecular formula is C17H19ClO. The molecule has 0 aliphatic heterocycles. The van der Waals surface area contributed by atoms with E-state index in [1.54, 1.807) is 0 Å². The van der Waals surface area contributed by atoms with E-state index in [-0.39, 0.29) is 5.41 Å². The van der Waals surface area contributed by atoms with Gasteiger partial charge in [-0.2, -0.15) is 0 Å². The molecule has 0 N–H and O–H groups in total. The maximum Gasteiger partial charge on any atom is 0.127 e. The third kappa shape index (κ3) is 3.74. The van der Waals surface area contributed by atoms with Gasteiger partial charge in [-0.05, 0) is 40.8 Å². The number of halogens is 1. The van der Waals surface area contributed by atoms with Gasteiger partial charge in [0.2, 0.25) is 0 Å². The molecule has 0 bridgehead atoms. The SMILES string of the molecule is CC(C)(C)c1cccc(Oc2cccc(CCl)c2)c1. The second-order valence-electron chi connectivity index (χ2n) is 5.66. The predicted molar refractivity (Wildman–Crippen MR) is 81.2 cm³/mol. The first kappa shape index (κ1) is 14.0. The first-order valence-corrected chi connectivity index (χ1v) is 6.96. The van der Waals surface area contributed by atoms with E-state index in [4.69, 9.17) is 16.3 Å². The van der Waals surface area contributed by atoms with Crippen LogP contribution in [-0.4, -0.2) is 0 Å². The van der Waals surface area contributed by atoms with Crippen molar-refractivity contribution in [3.8, 4) is 11.5 Å². The van der Waals surface area contributed by atoms with Crippen LogP contribution in [-0.2, 0) is 11.3 Å². The van der Waals surface area contributed by atoms with Crippen molar-refractivity contribution in [2.45, 2.75) is 32.1 Å². The summed E-state index contributed by atoms with van der Waals surface area (Å²) in [5.74, 6) is 2.18. The zero-order chi connectivity index (χ0) is 13.9. The largest absolute Gasteiger partial charge is 0.457 e. The van der Waals surface area contributed by atoms with Crippen LogP contribution in [0, 0.1) is 0 Å². The fraction of sp³-hybridized carbons (Fsp3) is 0.294. The smallest absolute Gasteiger partial charge is 0.127 e. The van der Waals surface area contributed by atoms with Gasteiger partial charge in [-0.25, -0.2) is 0 Å². The van der Waals surface area contributed by atoms with Gasteiger partial charge in [-0.1, -0.05) is 45.0 Å². The van der Waals surface area contributed by atoms with Crippen LogP contribution in [0.2, 0.25) is 0 Å². The Morgan fingerprint density at radius 1 is 0.947 bits per heavy atom. The average molecular weight is 275 g/mol. The van der Waals surface area contributed by atoms with Crippen LogP contribution in [0.15, 0.2) is 48.5 Å². The summed E-state index contributed by atoms with van der Waals surface area (Å²) in [5, 5.41) is 0. The van der Waals surface area contributed by atoms with Gasteiger partial charge in [0.25, 0.3) is 0 Å². The van der Waals surface area contributed by atoms with Crippen molar-refractivity contribution in [1.29, 1.82) is 0 Å². The van der Waals surface area contributed by atoms with E-state index < -0.39 is 0 Å². The zero-order valence-corrected chi connectivity index (χ0v) is 12.4. The van der Waals surface area contributed by atoms with Crippen LogP contribution in [0.25, 0.3) is 0 Å². The van der Waals surface area contributed by atoms with Crippen molar-refractivity contribution in [3.05, 3.63) is 59.7 Å². The Labute approximate surface area is 120 Å². The molecule has 0 spiro atoms. The standard InChI is InChI=1S/C17H19ClO/c1-17(2,3)14-7-5-9-16(11-14)19-15-8-4-6-13(10-15)12-18/h4-11H,12H2,1-3H3. The fourth-order valence-electron chi connectivity index (χ4n) is 1.85. The van der Waals surface area contributed by atoms with Gasteiger partial charge in [0.15, 0.2) is 0 Å². The molecule has 0 heterocycles. The molecule has 19 heavy (non-hydrogen) atoms. The maximum atomic E-state index is 5.90. The minimum atomic E-state index is 0.122. The maximum absolute atomic E-state index is 5.90. The number of ether oxygens (including phenoxy) is 1. The lowest BCUT2D eigenvalue weighted by Gasteiger charge is -2.19. The fourth-order valence-corrected chi connectivity index (χ4v) is 2.02. The number of alkyl halides is 1. The molecule has 0 aromatic heterocycles. The van der Waals surface area contributed by atoms with E-state index in [0.29, 0.717) is 5.88 Å². The monoisotopic (exact) mass is 274 g/mol. The first-order chi connectivity index (χ1) is 8.99. The Bertz CT molecular complexity index is 555. The summed E-state index contributed by atoms with van der Waals surface area (Å²) in [6.07, 6.45) is 0. The van der Waals surface area contributed by atoms with Crippen molar-refractivity contribution in [3.63, 3.8) is 0 Å². The zero-order valence-electron chi connectivity index (χ0n) is 11.6. The summed E-state index contributed by atoms with van der Waals surface area (Å²) >= 11 is 5.83. The minimum absolute atomic E-state index is 0.122. The van der Waals surface area contributed by atoms with Gasteiger partial charge in [0.1, 0.15) is 11.5 Å². The highest BCUT2D eigenvalue weighted by Crippen LogP contribution is 2.28. The Morgan fingerprint density at radius 3 is 2.21 bits per heavy atom. The molecule has 2 aromatic rings. The normalized spacial score (nSPS) is 11.4. The van der Waals surface area contributed by atoms with Gasteiger partial charge >= 0.3 is 0 Å². The Hall–Kier alpha value is -1.47. The molecule has 0 aliphatic carbocycles. The van der Waals surface area contributed by atoms with Crippen LogP contribution in [0.1, 0.15) is 31.9 Å². The quantitative estimate of drug-likeness (QED) is 0.670. The summed E-state index contributed by atoms with van der Waals surface area (Å²) in [6, 6.07) is 16.1. The topological polar surface area (TPSA) is 9.23 Å². The van der Waals surface area contributed by atoms with Gasteiger partial charge in [-0.3, -0.25) is 0 Å². The molecule has 0 saturated carbocycles. The van der Waals surface area contributed by atoms with Crippen LogP contribution in [0.5, 0.6) is 11.5 Å². The van der Waals surface area contributed by atoms with Crippen molar-refractivity contribution >= 4 is 11.6 Å². The van der Waals surface area contributed by atoms with Gasteiger partial charge in [-0.15, -0.1) is 11.6 Å². The van der Waals surface area contributed by atoms with Gasteiger partial charge in [0, 0.05) is 5.88 Å². The van der Waals surface area contributed by atoms with Crippen LogP contribution >= 0.6 is 11.6 Å². The first-order valence-electron chi connectivity index (χ1n) is 6.42. The van der Waals surface area contributed by atoms with Gasteiger partial charge < -0.3 is 4.74 Å². The molecule has 0 aliphatic rings. The molecule has 0 amide bonds. The third-order valence-electron chi connectivity index (χ3n) is 2.99. The van der Waals surface area contributed by atoms with Gasteiger partial charge in [0.05, 0.1) is 0 Å². The molecule has 2 aromatic carbocycles. The summed E-state index contributed by atoms with van der Waals surface area (Å²) in [7, 11) is 0. The molecule has 2 rings (SSSR count). The molecule has 0 radical (unpaired) electrons. The molecule has 1 nitrogen and oxygen atoms in total. The lowest BCUT2D eigenvalue weighted by Crippen LogP contribution is -2.10. The average Bonchev–Trinajstić information content (AvgIpc) is 2.38. The summed E-state index contributed by atoms with van der Waals surface area (Å²) in [4.78, 5) is 0. The lowest BCUT2D eigenvalue weighted by atomic mass is 9.87. The molecular weight excluding hydrogens is 256 g/mol. The highest BCUT2D eigenvalue weighted by atomic mass is 35.5. The van der Waals surface area contributed by atoms with Crippen LogP contribution in [0.3, 0.4) is 0 Å². The van der Waals surface area contributed by atoms with E-state index in [1.807, 2.05) is 36.4 Å². The second kappa shape index (κ2) is 5.66. The van der Waals surface area contributed by atoms with Crippen molar-refractivity contribution in [2.75, 3.05) is 0 Å². The molecule has 2 heteroatoms. The minimum Gasteiger partial charge on any atom is -0.457 e. The van der Waals surface area contributed by atoms with Crippen molar-refractivity contribution < 1.29 is 4.74 Å². The Kier molecular flexibility index (Phi) is 4.16. The Morgan fingerprint density at radius 2 is 1.58 bits per heavy atom. The molecule has 0 unspecified atom stereocenters.